The van der Waals surface area contributed by atoms with Crippen molar-refractivity contribution in [2.45, 2.75) is 25.0 Å². The minimum atomic E-state index is 0. The number of rotatable bonds is 2. The third-order valence-electron chi connectivity index (χ3n) is 1.67. The second-order valence-corrected chi connectivity index (χ2v) is 4.04. The molecule has 0 radical (unpaired) electrons. The molecule has 0 heterocycles. The van der Waals surface area contributed by atoms with Crippen molar-refractivity contribution in [1.29, 1.82) is 0 Å². The Morgan fingerprint density at radius 2 is 2.09 bits per heavy atom. The van der Waals surface area contributed by atoms with Gasteiger partial charge < -0.3 is 24.8 Å². The van der Waals surface area contributed by atoms with Crippen LogP contribution in [-0.2, 0) is 19.2 Å². The fourth-order valence-electron chi connectivity index (χ4n) is 1.00. The third kappa shape index (κ3) is 4.37. The van der Waals surface area contributed by atoms with E-state index in [-0.39, 0.29) is 44.0 Å². The summed E-state index contributed by atoms with van der Waals surface area (Å²) in [4.78, 5) is 0. The number of allylic oxidation sites excluding steroid dienone is 4. The minimum Gasteiger partial charge on any atom is -1.00 e. The standard InChI is InChI=1S/C7H9.CH3.2ClH.Ti/c1-2-7-5-3-4-6-7;;;;/h5-6H,2-3H2,1H3;1H3;2*1H;/q;;;;+2/p-2. The van der Waals surface area contributed by atoms with Gasteiger partial charge in [0.15, 0.2) is 0 Å². The molecule has 0 aliphatic heterocycles. The molecule has 0 saturated carbocycles. The SMILES string of the molecule is CCC1=CC[C]([Ti+2][CH3])=C1.[Cl-].[Cl-]. The van der Waals surface area contributed by atoms with Crippen molar-refractivity contribution < 1.29 is 44.0 Å². The van der Waals surface area contributed by atoms with E-state index in [2.05, 4.69) is 24.3 Å². The number of halogens is 2. The predicted molar refractivity (Wildman–Crippen MR) is 36.9 cm³/mol. The molecule has 62 valence electrons. The van der Waals surface area contributed by atoms with Crippen LogP contribution in [0.15, 0.2) is 21.6 Å². The first-order valence-corrected chi connectivity index (χ1v) is 5.78. The maximum Gasteiger partial charge on any atom is -1.00 e. The Bertz CT molecular complexity index is 161. The van der Waals surface area contributed by atoms with Gasteiger partial charge in [0, 0.05) is 0 Å². The van der Waals surface area contributed by atoms with E-state index in [9.17, 15) is 0 Å². The van der Waals surface area contributed by atoms with E-state index in [0.717, 1.165) is 0 Å². The first-order valence-electron chi connectivity index (χ1n) is 3.44. The van der Waals surface area contributed by atoms with Crippen molar-refractivity contribution in [3.63, 3.8) is 0 Å². The van der Waals surface area contributed by atoms with Crippen LogP contribution in [0.2, 0.25) is 5.23 Å². The Morgan fingerprint density at radius 3 is 2.36 bits per heavy atom. The van der Waals surface area contributed by atoms with Crippen molar-refractivity contribution in [3.8, 4) is 0 Å². The molecule has 0 saturated heterocycles. The van der Waals surface area contributed by atoms with Gasteiger partial charge in [-0.2, -0.15) is 0 Å². The molecule has 0 atom stereocenters. The van der Waals surface area contributed by atoms with Crippen LogP contribution in [0.25, 0.3) is 0 Å². The second kappa shape index (κ2) is 7.42. The molecule has 0 spiro atoms. The quantitative estimate of drug-likeness (QED) is 0.435. The van der Waals surface area contributed by atoms with Crippen molar-refractivity contribution >= 4 is 0 Å². The molecule has 0 amide bonds. The van der Waals surface area contributed by atoms with E-state index in [4.69, 9.17) is 0 Å². The van der Waals surface area contributed by atoms with Crippen molar-refractivity contribution in [2.24, 2.45) is 0 Å². The molecule has 0 N–H and O–H groups in total. The zero-order valence-electron chi connectivity index (χ0n) is 6.82. The first kappa shape index (κ1) is 14.3. The number of hydrogen-bond donors (Lipinski definition) is 0. The van der Waals surface area contributed by atoms with E-state index in [1.54, 1.807) is 9.45 Å². The van der Waals surface area contributed by atoms with Crippen LogP contribution in [0.1, 0.15) is 19.8 Å². The van der Waals surface area contributed by atoms with Gasteiger partial charge in [-0.3, -0.25) is 0 Å². The van der Waals surface area contributed by atoms with Crippen LogP contribution < -0.4 is 24.8 Å². The molecular weight excluding hydrogens is 215 g/mol. The monoisotopic (exact) mass is 226 g/mol. The number of hydrogen-bond acceptors (Lipinski definition) is 0. The smallest absolute Gasteiger partial charge is 1.00 e. The van der Waals surface area contributed by atoms with Gasteiger partial charge in [-0.15, -0.1) is 0 Å². The van der Waals surface area contributed by atoms with E-state index in [1.165, 1.54) is 12.8 Å². The summed E-state index contributed by atoms with van der Waals surface area (Å²) >= 11 is 0.265. The van der Waals surface area contributed by atoms with Crippen LogP contribution in [0, 0.1) is 0 Å². The maximum atomic E-state index is 2.39. The van der Waals surface area contributed by atoms with Gasteiger partial charge in [0.2, 0.25) is 0 Å². The van der Waals surface area contributed by atoms with Gasteiger partial charge in [-0.25, -0.2) is 0 Å². The second-order valence-electron chi connectivity index (χ2n) is 2.26. The molecule has 11 heavy (non-hydrogen) atoms. The predicted octanol–water partition coefficient (Wildman–Crippen LogP) is -3.25. The van der Waals surface area contributed by atoms with Gasteiger partial charge in [-0.05, 0) is 0 Å². The van der Waals surface area contributed by atoms with E-state index < -0.39 is 0 Å². The summed E-state index contributed by atoms with van der Waals surface area (Å²) in [6.07, 6.45) is 7.23. The van der Waals surface area contributed by atoms with E-state index in [0.29, 0.717) is 0 Å². The summed E-state index contributed by atoms with van der Waals surface area (Å²) in [6, 6.07) is 0. The fraction of sp³-hybridized carbons (Fsp3) is 0.500. The minimum absolute atomic E-state index is 0. The Labute approximate surface area is 90.3 Å². The summed E-state index contributed by atoms with van der Waals surface area (Å²) in [5.41, 5.74) is 1.55. The Hall–Kier alpha value is 0.774. The molecule has 0 aromatic rings. The van der Waals surface area contributed by atoms with Crippen LogP contribution >= 0.6 is 0 Å². The first-order chi connectivity index (χ1) is 4.36. The molecule has 0 bridgehead atoms. The van der Waals surface area contributed by atoms with E-state index >= 15 is 0 Å². The zero-order valence-corrected chi connectivity index (χ0v) is 9.90. The summed E-state index contributed by atoms with van der Waals surface area (Å²) in [6.45, 7) is 2.22. The Kier molecular flexibility index (Phi) is 9.66. The van der Waals surface area contributed by atoms with Gasteiger partial charge in [0.05, 0.1) is 0 Å². The van der Waals surface area contributed by atoms with Crippen molar-refractivity contribution in [3.05, 3.63) is 21.6 Å². The summed E-state index contributed by atoms with van der Waals surface area (Å²) in [5.74, 6) is 0. The van der Waals surface area contributed by atoms with Crippen molar-refractivity contribution in [1.82, 2.24) is 0 Å². The van der Waals surface area contributed by atoms with Gasteiger partial charge in [0.1, 0.15) is 0 Å². The molecular formula is C8H12Cl2Ti. The molecule has 0 aromatic carbocycles. The summed E-state index contributed by atoms with van der Waals surface area (Å²) in [5, 5.41) is 2.35. The molecule has 3 heteroatoms. The molecule has 1 rings (SSSR count). The van der Waals surface area contributed by atoms with Gasteiger partial charge >= 0.3 is 65.7 Å². The summed E-state index contributed by atoms with van der Waals surface area (Å²) in [7, 11) is 0. The van der Waals surface area contributed by atoms with Gasteiger partial charge in [0.25, 0.3) is 0 Å². The summed E-state index contributed by atoms with van der Waals surface area (Å²) < 4.78 is 1.71. The van der Waals surface area contributed by atoms with Crippen LogP contribution in [0.4, 0.5) is 0 Å². The third-order valence-corrected chi connectivity index (χ3v) is 3.22. The molecule has 0 fully saturated rings. The van der Waals surface area contributed by atoms with Crippen LogP contribution in [-0.4, -0.2) is 0 Å². The normalized spacial score (nSPS) is 13.6. The van der Waals surface area contributed by atoms with Gasteiger partial charge in [-0.1, -0.05) is 0 Å². The average Bonchev–Trinajstić information content (AvgIpc) is 2.34. The maximum absolute atomic E-state index is 2.39. The average molecular weight is 227 g/mol. The fourth-order valence-corrected chi connectivity index (χ4v) is 2.00. The molecule has 1 aliphatic rings. The molecule has 1 aliphatic carbocycles. The zero-order chi connectivity index (χ0) is 6.69. The molecule has 0 nitrogen and oxygen atoms in total. The molecule has 0 unspecified atom stereocenters. The van der Waals surface area contributed by atoms with Crippen molar-refractivity contribution in [2.75, 3.05) is 0 Å². The topological polar surface area (TPSA) is 0 Å². The van der Waals surface area contributed by atoms with Crippen LogP contribution in [0.3, 0.4) is 0 Å². The molecule has 0 aromatic heterocycles. The Morgan fingerprint density at radius 1 is 1.45 bits per heavy atom. The van der Waals surface area contributed by atoms with E-state index in [1.807, 2.05) is 0 Å². The largest absolute Gasteiger partial charge is 1.00 e. The van der Waals surface area contributed by atoms with Crippen LogP contribution in [0.5, 0.6) is 0 Å². The Balaban J connectivity index is 0.